The SMILES string of the molecule is Cc1cc2oc(=O)cc(CNc3cccc([N+](=O)[O-])c3)c2cc1Cl. The van der Waals surface area contributed by atoms with Crippen LogP contribution in [0.5, 0.6) is 0 Å². The van der Waals surface area contributed by atoms with Gasteiger partial charge in [-0.15, -0.1) is 0 Å². The van der Waals surface area contributed by atoms with E-state index in [4.69, 9.17) is 16.0 Å². The molecule has 24 heavy (non-hydrogen) atoms. The number of fused-ring (bicyclic) bond motifs is 1. The highest BCUT2D eigenvalue weighted by Crippen LogP contribution is 2.26. The van der Waals surface area contributed by atoms with Crippen LogP contribution in [0.2, 0.25) is 5.02 Å². The number of nitrogens with zero attached hydrogens (tertiary/aromatic N) is 1. The van der Waals surface area contributed by atoms with Gasteiger partial charge in [-0.3, -0.25) is 10.1 Å². The average Bonchev–Trinajstić information content (AvgIpc) is 2.54. The Morgan fingerprint density at radius 1 is 1.25 bits per heavy atom. The molecule has 2 aromatic carbocycles. The molecule has 0 bridgehead atoms. The Bertz CT molecular complexity index is 998. The molecule has 3 rings (SSSR count). The third-order valence-electron chi connectivity index (χ3n) is 3.65. The van der Waals surface area contributed by atoms with Gasteiger partial charge in [0.2, 0.25) is 0 Å². The molecule has 7 heteroatoms. The van der Waals surface area contributed by atoms with Crippen molar-refractivity contribution >= 4 is 33.9 Å². The van der Waals surface area contributed by atoms with Crippen LogP contribution in [-0.4, -0.2) is 4.92 Å². The third-order valence-corrected chi connectivity index (χ3v) is 4.06. The number of hydrogen-bond acceptors (Lipinski definition) is 5. The van der Waals surface area contributed by atoms with Crippen molar-refractivity contribution in [1.29, 1.82) is 0 Å². The summed E-state index contributed by atoms with van der Waals surface area (Å²) >= 11 is 6.16. The summed E-state index contributed by atoms with van der Waals surface area (Å²) in [6.07, 6.45) is 0. The van der Waals surface area contributed by atoms with E-state index in [0.29, 0.717) is 28.4 Å². The highest BCUT2D eigenvalue weighted by molar-refractivity contribution is 6.32. The first kappa shape index (κ1) is 16.0. The van der Waals surface area contributed by atoms with Crippen molar-refractivity contribution in [3.8, 4) is 0 Å². The molecule has 0 atom stereocenters. The van der Waals surface area contributed by atoms with E-state index in [1.54, 1.807) is 24.3 Å². The molecule has 3 aromatic rings. The lowest BCUT2D eigenvalue weighted by Crippen LogP contribution is -2.06. The van der Waals surface area contributed by atoms with Crippen molar-refractivity contribution in [3.63, 3.8) is 0 Å². The van der Waals surface area contributed by atoms with Crippen molar-refractivity contribution < 1.29 is 9.34 Å². The zero-order valence-electron chi connectivity index (χ0n) is 12.7. The smallest absolute Gasteiger partial charge is 0.336 e. The van der Waals surface area contributed by atoms with Gasteiger partial charge in [0, 0.05) is 40.8 Å². The average molecular weight is 345 g/mol. The molecule has 0 aliphatic heterocycles. The highest BCUT2D eigenvalue weighted by atomic mass is 35.5. The van der Waals surface area contributed by atoms with Crippen LogP contribution in [-0.2, 0) is 6.54 Å². The fourth-order valence-electron chi connectivity index (χ4n) is 2.42. The molecule has 0 radical (unpaired) electrons. The second-order valence-electron chi connectivity index (χ2n) is 5.35. The Morgan fingerprint density at radius 3 is 2.79 bits per heavy atom. The Kier molecular flexibility index (Phi) is 4.22. The van der Waals surface area contributed by atoms with Gasteiger partial charge >= 0.3 is 5.63 Å². The fourth-order valence-corrected chi connectivity index (χ4v) is 2.58. The first-order valence-electron chi connectivity index (χ1n) is 7.15. The maximum atomic E-state index is 11.7. The number of aryl methyl sites for hydroxylation is 1. The van der Waals surface area contributed by atoms with Gasteiger partial charge in [-0.25, -0.2) is 4.79 Å². The van der Waals surface area contributed by atoms with Crippen LogP contribution in [0.3, 0.4) is 0 Å². The molecule has 0 spiro atoms. The zero-order chi connectivity index (χ0) is 17.3. The van der Waals surface area contributed by atoms with Crippen molar-refractivity contribution in [1.82, 2.24) is 0 Å². The molecule has 6 nitrogen and oxygen atoms in total. The second-order valence-corrected chi connectivity index (χ2v) is 5.76. The summed E-state index contributed by atoms with van der Waals surface area (Å²) in [6, 6.07) is 11.0. The molecule has 0 unspecified atom stereocenters. The van der Waals surface area contributed by atoms with Crippen LogP contribution in [0.15, 0.2) is 51.7 Å². The number of halogens is 1. The minimum absolute atomic E-state index is 0.00361. The molecule has 1 heterocycles. The highest BCUT2D eigenvalue weighted by Gasteiger charge is 2.10. The van der Waals surface area contributed by atoms with Crippen molar-refractivity contribution in [2.75, 3.05) is 5.32 Å². The monoisotopic (exact) mass is 344 g/mol. The Hall–Kier alpha value is -2.86. The number of anilines is 1. The minimum Gasteiger partial charge on any atom is -0.423 e. The van der Waals surface area contributed by atoms with Crippen LogP contribution in [0, 0.1) is 17.0 Å². The van der Waals surface area contributed by atoms with E-state index in [9.17, 15) is 14.9 Å². The fraction of sp³-hybridized carbons (Fsp3) is 0.118. The first-order valence-corrected chi connectivity index (χ1v) is 7.53. The van der Waals surface area contributed by atoms with Crippen molar-refractivity contribution in [2.45, 2.75) is 13.5 Å². The number of hydrogen-bond donors (Lipinski definition) is 1. The lowest BCUT2D eigenvalue weighted by Gasteiger charge is -2.09. The summed E-state index contributed by atoms with van der Waals surface area (Å²) in [6.45, 7) is 2.14. The summed E-state index contributed by atoms with van der Waals surface area (Å²) < 4.78 is 5.21. The maximum Gasteiger partial charge on any atom is 0.336 e. The van der Waals surface area contributed by atoms with Gasteiger partial charge in [-0.05, 0) is 36.2 Å². The minimum atomic E-state index is -0.458. The van der Waals surface area contributed by atoms with E-state index in [-0.39, 0.29) is 5.69 Å². The van der Waals surface area contributed by atoms with Gasteiger partial charge in [0.25, 0.3) is 5.69 Å². The van der Waals surface area contributed by atoms with Gasteiger partial charge in [-0.2, -0.15) is 0 Å². The molecule has 0 aliphatic rings. The van der Waals surface area contributed by atoms with E-state index in [1.807, 2.05) is 6.92 Å². The molecule has 0 saturated carbocycles. The Labute approximate surface area is 141 Å². The second kappa shape index (κ2) is 6.33. The molecule has 0 fully saturated rings. The molecular formula is C17H13ClN2O4. The van der Waals surface area contributed by atoms with Gasteiger partial charge in [0.05, 0.1) is 4.92 Å². The molecule has 1 aromatic heterocycles. The number of rotatable bonds is 4. The summed E-state index contributed by atoms with van der Waals surface area (Å²) in [7, 11) is 0. The summed E-state index contributed by atoms with van der Waals surface area (Å²) in [5.41, 5.74) is 2.10. The molecule has 0 aliphatic carbocycles. The topological polar surface area (TPSA) is 85.4 Å². The Morgan fingerprint density at radius 2 is 2.04 bits per heavy atom. The van der Waals surface area contributed by atoms with E-state index >= 15 is 0 Å². The third kappa shape index (κ3) is 3.23. The standard InChI is InChI=1S/C17H13ClN2O4/c1-10-5-16-14(8-15(10)18)11(6-17(21)24-16)9-19-12-3-2-4-13(7-12)20(22)23/h2-8,19H,9H2,1H3. The lowest BCUT2D eigenvalue weighted by molar-refractivity contribution is -0.384. The lowest BCUT2D eigenvalue weighted by atomic mass is 10.1. The van der Waals surface area contributed by atoms with Crippen molar-refractivity contribution in [3.05, 3.63) is 79.1 Å². The van der Waals surface area contributed by atoms with E-state index in [1.165, 1.54) is 18.2 Å². The van der Waals surface area contributed by atoms with Crippen LogP contribution in [0.1, 0.15) is 11.1 Å². The van der Waals surface area contributed by atoms with Crippen LogP contribution in [0.25, 0.3) is 11.0 Å². The van der Waals surface area contributed by atoms with Crippen LogP contribution in [0.4, 0.5) is 11.4 Å². The number of non-ortho nitro benzene ring substituents is 1. The summed E-state index contributed by atoms with van der Waals surface area (Å²) in [5.74, 6) is 0. The number of nitro groups is 1. The Balaban J connectivity index is 1.95. The molecule has 0 saturated heterocycles. The van der Waals surface area contributed by atoms with E-state index in [2.05, 4.69) is 5.32 Å². The molecule has 1 N–H and O–H groups in total. The largest absolute Gasteiger partial charge is 0.423 e. The van der Waals surface area contributed by atoms with Crippen molar-refractivity contribution in [2.24, 2.45) is 0 Å². The molecule has 0 amide bonds. The predicted octanol–water partition coefficient (Wildman–Crippen LogP) is 4.28. The van der Waals surface area contributed by atoms with Gasteiger partial charge < -0.3 is 9.73 Å². The summed E-state index contributed by atoms with van der Waals surface area (Å²) in [4.78, 5) is 22.1. The first-order chi connectivity index (χ1) is 11.4. The van der Waals surface area contributed by atoms with Crippen LogP contribution >= 0.6 is 11.6 Å². The van der Waals surface area contributed by atoms with Gasteiger partial charge in [-0.1, -0.05) is 17.7 Å². The van der Waals surface area contributed by atoms with Crippen LogP contribution < -0.4 is 10.9 Å². The van der Waals surface area contributed by atoms with Gasteiger partial charge in [0.15, 0.2) is 0 Å². The zero-order valence-corrected chi connectivity index (χ0v) is 13.5. The number of nitro benzene ring substituents is 1. The molecular weight excluding hydrogens is 332 g/mol. The van der Waals surface area contributed by atoms with E-state index < -0.39 is 10.5 Å². The quantitative estimate of drug-likeness (QED) is 0.434. The van der Waals surface area contributed by atoms with E-state index in [0.717, 1.165) is 10.9 Å². The molecule has 122 valence electrons. The summed E-state index contributed by atoms with van der Waals surface area (Å²) in [5, 5.41) is 15.2. The number of benzene rings is 2. The van der Waals surface area contributed by atoms with Gasteiger partial charge in [0.1, 0.15) is 5.58 Å². The maximum absolute atomic E-state index is 11.7. The number of nitrogens with one attached hydrogen (secondary N) is 1. The normalized spacial score (nSPS) is 10.8. The predicted molar refractivity (Wildman–Crippen MR) is 92.7 cm³/mol.